The molecule has 1 aromatic carbocycles. The first-order valence-corrected chi connectivity index (χ1v) is 9.08. The SMILES string of the molecule is Cn1c(N(CCCCCCC(=O)O)c2ccc(F)cn2)nc2ccccc21. The van der Waals surface area contributed by atoms with Crippen molar-refractivity contribution in [1.82, 2.24) is 14.5 Å². The lowest BCUT2D eigenvalue weighted by Crippen LogP contribution is -2.23. The fourth-order valence-corrected chi connectivity index (χ4v) is 3.12. The second-order valence-corrected chi connectivity index (χ2v) is 6.50. The molecule has 0 amide bonds. The predicted octanol–water partition coefficient (Wildman–Crippen LogP) is 4.28. The summed E-state index contributed by atoms with van der Waals surface area (Å²) in [6.45, 7) is 0.670. The Balaban J connectivity index is 1.78. The number of hydrogen-bond donors (Lipinski definition) is 1. The number of pyridine rings is 1. The van der Waals surface area contributed by atoms with Crippen molar-refractivity contribution in [3.05, 3.63) is 48.4 Å². The van der Waals surface area contributed by atoms with Crippen molar-refractivity contribution >= 4 is 28.8 Å². The van der Waals surface area contributed by atoms with Gasteiger partial charge in [0.15, 0.2) is 0 Å². The largest absolute Gasteiger partial charge is 0.481 e. The summed E-state index contributed by atoms with van der Waals surface area (Å²) in [5.74, 6) is 0.255. The van der Waals surface area contributed by atoms with E-state index in [0.29, 0.717) is 18.8 Å². The zero-order chi connectivity index (χ0) is 19.2. The summed E-state index contributed by atoms with van der Waals surface area (Å²) >= 11 is 0. The Morgan fingerprint density at radius 3 is 2.63 bits per heavy atom. The van der Waals surface area contributed by atoms with Crippen molar-refractivity contribution in [2.75, 3.05) is 11.4 Å². The second-order valence-electron chi connectivity index (χ2n) is 6.50. The highest BCUT2D eigenvalue weighted by Gasteiger charge is 2.17. The Morgan fingerprint density at radius 1 is 1.15 bits per heavy atom. The average molecular weight is 370 g/mol. The number of unbranched alkanes of at least 4 members (excludes halogenated alkanes) is 3. The molecule has 3 rings (SSSR count). The lowest BCUT2D eigenvalue weighted by molar-refractivity contribution is -0.137. The fraction of sp³-hybridized carbons (Fsp3) is 0.350. The van der Waals surface area contributed by atoms with Crippen LogP contribution in [0.5, 0.6) is 0 Å². The van der Waals surface area contributed by atoms with Gasteiger partial charge in [-0.3, -0.25) is 9.69 Å². The molecule has 0 fully saturated rings. The maximum Gasteiger partial charge on any atom is 0.303 e. The lowest BCUT2D eigenvalue weighted by atomic mass is 10.1. The summed E-state index contributed by atoms with van der Waals surface area (Å²) in [7, 11) is 1.95. The van der Waals surface area contributed by atoms with Crippen LogP contribution >= 0.6 is 0 Å². The van der Waals surface area contributed by atoms with E-state index >= 15 is 0 Å². The maximum atomic E-state index is 13.3. The first kappa shape index (κ1) is 18.8. The van der Waals surface area contributed by atoms with Gasteiger partial charge in [0.1, 0.15) is 11.6 Å². The molecule has 0 saturated carbocycles. The third-order valence-corrected chi connectivity index (χ3v) is 4.52. The Morgan fingerprint density at radius 2 is 1.93 bits per heavy atom. The summed E-state index contributed by atoms with van der Waals surface area (Å²) < 4.78 is 15.3. The molecule has 1 N–H and O–H groups in total. The van der Waals surface area contributed by atoms with Crippen LogP contribution in [0.25, 0.3) is 11.0 Å². The predicted molar refractivity (Wildman–Crippen MR) is 103 cm³/mol. The van der Waals surface area contributed by atoms with Gasteiger partial charge in [-0.05, 0) is 37.1 Å². The van der Waals surface area contributed by atoms with Gasteiger partial charge in [0.25, 0.3) is 0 Å². The zero-order valence-corrected chi connectivity index (χ0v) is 15.3. The minimum absolute atomic E-state index is 0.202. The number of aryl methyl sites for hydroxylation is 1. The van der Waals surface area contributed by atoms with Crippen LogP contribution in [0.1, 0.15) is 32.1 Å². The van der Waals surface area contributed by atoms with Crippen LogP contribution in [0.15, 0.2) is 42.6 Å². The van der Waals surface area contributed by atoms with E-state index in [1.54, 1.807) is 6.07 Å². The van der Waals surface area contributed by atoms with Gasteiger partial charge >= 0.3 is 5.97 Å². The molecule has 0 atom stereocenters. The van der Waals surface area contributed by atoms with Gasteiger partial charge < -0.3 is 9.67 Å². The molecular weight excluding hydrogens is 347 g/mol. The van der Waals surface area contributed by atoms with Gasteiger partial charge in [0, 0.05) is 20.0 Å². The summed E-state index contributed by atoms with van der Waals surface area (Å²) in [6, 6.07) is 10.9. The molecule has 142 valence electrons. The molecule has 0 spiro atoms. The van der Waals surface area contributed by atoms with Crippen molar-refractivity contribution in [3.8, 4) is 0 Å². The highest BCUT2D eigenvalue weighted by atomic mass is 19.1. The normalized spacial score (nSPS) is 11.0. The van der Waals surface area contributed by atoms with Crippen molar-refractivity contribution in [3.63, 3.8) is 0 Å². The molecule has 6 nitrogen and oxygen atoms in total. The molecule has 7 heteroatoms. The number of hydrogen-bond acceptors (Lipinski definition) is 4. The van der Waals surface area contributed by atoms with Gasteiger partial charge in [-0.15, -0.1) is 0 Å². The summed E-state index contributed by atoms with van der Waals surface area (Å²) in [5.41, 5.74) is 1.91. The highest BCUT2D eigenvalue weighted by molar-refractivity contribution is 5.79. The highest BCUT2D eigenvalue weighted by Crippen LogP contribution is 2.27. The van der Waals surface area contributed by atoms with E-state index in [2.05, 4.69) is 4.98 Å². The number of benzene rings is 1. The Kier molecular flexibility index (Phi) is 6.01. The van der Waals surface area contributed by atoms with Crippen LogP contribution < -0.4 is 4.90 Å². The third kappa shape index (κ3) is 4.61. The minimum Gasteiger partial charge on any atom is -0.481 e. The smallest absolute Gasteiger partial charge is 0.303 e. The van der Waals surface area contributed by atoms with E-state index < -0.39 is 5.97 Å². The van der Waals surface area contributed by atoms with Gasteiger partial charge in [-0.1, -0.05) is 25.0 Å². The number of anilines is 2. The van der Waals surface area contributed by atoms with Crippen LogP contribution in [-0.4, -0.2) is 32.2 Å². The quantitative estimate of drug-likeness (QED) is 0.569. The van der Waals surface area contributed by atoms with E-state index in [9.17, 15) is 9.18 Å². The van der Waals surface area contributed by atoms with Gasteiger partial charge in [0.05, 0.1) is 17.2 Å². The van der Waals surface area contributed by atoms with E-state index in [4.69, 9.17) is 10.1 Å². The number of imidazole rings is 1. The molecule has 2 heterocycles. The number of nitrogens with zero attached hydrogens (tertiary/aromatic N) is 4. The van der Waals surface area contributed by atoms with Crippen molar-refractivity contribution in [2.45, 2.75) is 32.1 Å². The number of rotatable bonds is 9. The zero-order valence-electron chi connectivity index (χ0n) is 15.3. The van der Waals surface area contributed by atoms with Crippen LogP contribution in [0, 0.1) is 5.82 Å². The summed E-state index contributed by atoms with van der Waals surface area (Å²) in [5, 5.41) is 8.72. The minimum atomic E-state index is -0.758. The molecule has 0 unspecified atom stereocenters. The van der Waals surface area contributed by atoms with Gasteiger partial charge in [-0.2, -0.15) is 0 Å². The molecule has 0 aliphatic carbocycles. The second kappa shape index (κ2) is 8.62. The number of fused-ring (bicyclic) bond motifs is 1. The topological polar surface area (TPSA) is 71.2 Å². The molecule has 0 saturated heterocycles. The number of carboxylic acids is 1. The number of aliphatic carboxylic acids is 1. The molecule has 0 aliphatic heterocycles. The molecular formula is C20H23FN4O2. The first-order valence-electron chi connectivity index (χ1n) is 9.08. The molecule has 2 aromatic heterocycles. The van der Waals surface area contributed by atoms with E-state index in [0.717, 1.165) is 36.2 Å². The van der Waals surface area contributed by atoms with Crippen LogP contribution in [0.2, 0.25) is 0 Å². The van der Waals surface area contributed by atoms with E-state index in [1.807, 2.05) is 40.8 Å². The van der Waals surface area contributed by atoms with Crippen molar-refractivity contribution in [2.24, 2.45) is 7.05 Å². The third-order valence-electron chi connectivity index (χ3n) is 4.52. The number of carboxylic acid groups (broad SMARTS) is 1. The van der Waals surface area contributed by atoms with Crippen LogP contribution in [0.3, 0.4) is 0 Å². The molecule has 0 aliphatic rings. The lowest BCUT2D eigenvalue weighted by Gasteiger charge is -2.22. The Bertz CT molecular complexity index is 908. The molecule has 0 bridgehead atoms. The first-order chi connectivity index (χ1) is 13.1. The van der Waals surface area contributed by atoms with Crippen LogP contribution in [-0.2, 0) is 11.8 Å². The summed E-state index contributed by atoms with van der Waals surface area (Å²) in [6.07, 6.45) is 4.72. The maximum absolute atomic E-state index is 13.3. The van der Waals surface area contributed by atoms with Crippen LogP contribution in [0.4, 0.5) is 16.2 Å². The summed E-state index contributed by atoms with van der Waals surface area (Å²) in [4.78, 5) is 21.5. The average Bonchev–Trinajstić information content (AvgIpc) is 2.99. The molecule has 3 aromatic rings. The van der Waals surface area contributed by atoms with Gasteiger partial charge in [0.2, 0.25) is 5.95 Å². The molecule has 0 radical (unpaired) electrons. The fourth-order valence-electron chi connectivity index (χ4n) is 3.12. The Hall–Kier alpha value is -2.96. The van der Waals surface area contributed by atoms with E-state index in [-0.39, 0.29) is 12.2 Å². The van der Waals surface area contributed by atoms with Crippen molar-refractivity contribution in [1.29, 1.82) is 0 Å². The van der Waals surface area contributed by atoms with E-state index in [1.165, 1.54) is 12.3 Å². The van der Waals surface area contributed by atoms with Crippen molar-refractivity contribution < 1.29 is 14.3 Å². The number of aromatic nitrogens is 3. The monoisotopic (exact) mass is 370 g/mol. The number of carbonyl (C=O) groups is 1. The standard InChI is InChI=1S/C20H23FN4O2/c1-24-17-9-6-5-8-16(17)23-20(24)25(18-12-11-15(21)14-22-18)13-7-3-2-4-10-19(26)27/h5-6,8-9,11-12,14H,2-4,7,10,13H2,1H3,(H,26,27). The Labute approximate surface area is 157 Å². The number of para-hydroxylation sites is 2. The number of halogens is 1. The molecule has 27 heavy (non-hydrogen) atoms. The van der Waals surface area contributed by atoms with Gasteiger partial charge in [-0.25, -0.2) is 14.4 Å².